The summed E-state index contributed by atoms with van der Waals surface area (Å²) in [6, 6.07) is 7.66. The molecule has 0 atom stereocenters. The van der Waals surface area contributed by atoms with Crippen LogP contribution in [-0.2, 0) is 22.5 Å². The Hall–Kier alpha value is -2.44. The number of ether oxygens (including phenoxy) is 2. The summed E-state index contributed by atoms with van der Waals surface area (Å²) in [6.45, 7) is 2.69. The van der Waals surface area contributed by atoms with E-state index in [-0.39, 0.29) is 12.4 Å². The molecule has 0 amide bonds. The summed E-state index contributed by atoms with van der Waals surface area (Å²) in [5.41, 5.74) is 1.05. The molecule has 0 unspecified atom stereocenters. The lowest BCUT2D eigenvalue weighted by Gasteiger charge is -2.02. The van der Waals surface area contributed by atoms with Crippen molar-refractivity contribution in [3.63, 3.8) is 0 Å². The Morgan fingerprint density at radius 3 is 2.71 bits per heavy atom. The second-order valence-electron chi connectivity index (χ2n) is 4.39. The van der Waals surface area contributed by atoms with Crippen molar-refractivity contribution >= 4 is 5.97 Å². The summed E-state index contributed by atoms with van der Waals surface area (Å²) in [7, 11) is 1.63. The third-order valence-electron chi connectivity index (χ3n) is 2.84. The van der Waals surface area contributed by atoms with Gasteiger partial charge in [0.15, 0.2) is 5.82 Å². The minimum atomic E-state index is -0.246. The highest BCUT2D eigenvalue weighted by atomic mass is 16.5. The molecule has 7 heteroatoms. The van der Waals surface area contributed by atoms with Gasteiger partial charge < -0.3 is 9.47 Å². The number of hydrogen-bond acceptors (Lipinski definition) is 6. The summed E-state index contributed by atoms with van der Waals surface area (Å²) in [5, 5.41) is 12.1. The van der Waals surface area contributed by atoms with Crippen LogP contribution in [0.4, 0.5) is 0 Å². The zero-order valence-electron chi connectivity index (χ0n) is 12.2. The normalized spacial score (nSPS) is 10.4. The van der Waals surface area contributed by atoms with E-state index in [2.05, 4.69) is 15.4 Å². The van der Waals surface area contributed by atoms with E-state index in [1.165, 1.54) is 4.80 Å². The Balaban J connectivity index is 1.88. The van der Waals surface area contributed by atoms with Crippen LogP contribution in [0.15, 0.2) is 24.3 Å². The highest BCUT2D eigenvalue weighted by Gasteiger charge is 2.08. The van der Waals surface area contributed by atoms with Gasteiger partial charge in [-0.2, -0.15) is 4.80 Å². The first-order valence-electron chi connectivity index (χ1n) is 6.76. The lowest BCUT2D eigenvalue weighted by atomic mass is 10.2. The number of aryl methyl sites for hydroxylation is 1. The van der Waals surface area contributed by atoms with Crippen LogP contribution < -0.4 is 4.74 Å². The second-order valence-corrected chi connectivity index (χ2v) is 4.39. The van der Waals surface area contributed by atoms with Crippen LogP contribution in [0.1, 0.15) is 24.7 Å². The number of aromatic nitrogens is 4. The fourth-order valence-corrected chi connectivity index (χ4v) is 1.78. The molecule has 2 aromatic rings. The lowest BCUT2D eigenvalue weighted by Crippen LogP contribution is -2.07. The van der Waals surface area contributed by atoms with Crippen LogP contribution >= 0.6 is 0 Å². The van der Waals surface area contributed by atoms with Crippen LogP contribution in [-0.4, -0.2) is 39.9 Å². The molecule has 0 aliphatic carbocycles. The third-order valence-corrected chi connectivity index (χ3v) is 2.84. The molecule has 2 rings (SSSR count). The topological polar surface area (TPSA) is 79.1 Å². The molecule has 1 heterocycles. The summed E-state index contributed by atoms with van der Waals surface area (Å²) < 4.78 is 9.96. The smallest absolute Gasteiger partial charge is 0.306 e. The van der Waals surface area contributed by atoms with Gasteiger partial charge in [-0.1, -0.05) is 12.1 Å². The molecule has 0 aliphatic heterocycles. The molecular formula is C14H18N4O3. The summed E-state index contributed by atoms with van der Waals surface area (Å²) in [4.78, 5) is 12.8. The minimum Gasteiger partial charge on any atom is -0.497 e. The highest BCUT2D eigenvalue weighted by molar-refractivity contribution is 5.69. The number of esters is 1. The van der Waals surface area contributed by atoms with Crippen LogP contribution in [0, 0.1) is 0 Å². The van der Waals surface area contributed by atoms with Gasteiger partial charge in [-0.3, -0.25) is 4.79 Å². The van der Waals surface area contributed by atoms with E-state index in [9.17, 15) is 4.79 Å². The van der Waals surface area contributed by atoms with Crippen LogP contribution in [0.25, 0.3) is 0 Å². The number of carbonyl (C=O) groups is 1. The molecule has 0 radical (unpaired) electrons. The molecule has 7 nitrogen and oxygen atoms in total. The standard InChI is InChI=1S/C14H18N4O3/c1-3-21-14(19)9-8-13-15-17-18(16-13)10-11-4-6-12(20-2)7-5-11/h4-7H,3,8-10H2,1-2H3. The number of carbonyl (C=O) groups excluding carboxylic acids is 1. The maximum atomic E-state index is 11.3. The van der Waals surface area contributed by atoms with Crippen molar-refractivity contribution in [2.24, 2.45) is 0 Å². The van der Waals surface area contributed by atoms with Gasteiger partial charge in [0.25, 0.3) is 0 Å². The van der Waals surface area contributed by atoms with E-state index in [0.29, 0.717) is 25.4 Å². The van der Waals surface area contributed by atoms with Crippen molar-refractivity contribution in [3.05, 3.63) is 35.7 Å². The summed E-state index contributed by atoms with van der Waals surface area (Å²) >= 11 is 0. The van der Waals surface area contributed by atoms with Crippen molar-refractivity contribution in [2.45, 2.75) is 26.3 Å². The van der Waals surface area contributed by atoms with Crippen molar-refractivity contribution in [3.8, 4) is 5.75 Å². The first-order chi connectivity index (χ1) is 10.2. The first kappa shape index (κ1) is 15.0. The fourth-order valence-electron chi connectivity index (χ4n) is 1.78. The highest BCUT2D eigenvalue weighted by Crippen LogP contribution is 2.11. The molecule has 0 spiro atoms. The van der Waals surface area contributed by atoms with Gasteiger partial charge in [0, 0.05) is 6.42 Å². The molecule has 0 N–H and O–H groups in total. The Morgan fingerprint density at radius 1 is 1.29 bits per heavy atom. The van der Waals surface area contributed by atoms with E-state index >= 15 is 0 Å². The number of tetrazole rings is 1. The van der Waals surface area contributed by atoms with Gasteiger partial charge >= 0.3 is 5.97 Å². The maximum absolute atomic E-state index is 11.3. The zero-order chi connectivity index (χ0) is 15.1. The predicted molar refractivity (Wildman–Crippen MR) is 74.9 cm³/mol. The number of rotatable bonds is 7. The zero-order valence-corrected chi connectivity index (χ0v) is 12.2. The number of hydrogen-bond donors (Lipinski definition) is 0. The Labute approximate surface area is 122 Å². The van der Waals surface area contributed by atoms with Gasteiger partial charge in [-0.05, 0) is 29.8 Å². The van der Waals surface area contributed by atoms with E-state index in [1.54, 1.807) is 14.0 Å². The molecule has 1 aromatic carbocycles. The molecule has 0 aliphatic rings. The largest absolute Gasteiger partial charge is 0.497 e. The van der Waals surface area contributed by atoms with E-state index in [1.807, 2.05) is 24.3 Å². The Kier molecular flexibility index (Phi) is 5.25. The maximum Gasteiger partial charge on any atom is 0.306 e. The molecule has 0 saturated carbocycles. The van der Waals surface area contributed by atoms with Gasteiger partial charge in [-0.25, -0.2) is 0 Å². The average molecular weight is 290 g/mol. The predicted octanol–water partition coefficient (Wildman–Crippen LogP) is 1.23. The van der Waals surface area contributed by atoms with Crippen molar-refractivity contribution in [2.75, 3.05) is 13.7 Å². The van der Waals surface area contributed by atoms with Crippen LogP contribution in [0.3, 0.4) is 0 Å². The average Bonchev–Trinajstić information content (AvgIpc) is 2.94. The Bertz CT molecular complexity index is 580. The quantitative estimate of drug-likeness (QED) is 0.713. The third kappa shape index (κ3) is 4.55. The van der Waals surface area contributed by atoms with E-state index in [0.717, 1.165) is 11.3 Å². The Morgan fingerprint density at radius 2 is 2.05 bits per heavy atom. The monoisotopic (exact) mass is 290 g/mol. The van der Waals surface area contributed by atoms with Gasteiger partial charge in [-0.15, -0.1) is 10.2 Å². The lowest BCUT2D eigenvalue weighted by molar-refractivity contribution is -0.143. The van der Waals surface area contributed by atoms with Crippen molar-refractivity contribution < 1.29 is 14.3 Å². The first-order valence-corrected chi connectivity index (χ1v) is 6.76. The molecule has 0 saturated heterocycles. The van der Waals surface area contributed by atoms with Crippen molar-refractivity contribution in [1.29, 1.82) is 0 Å². The van der Waals surface area contributed by atoms with Gasteiger partial charge in [0.05, 0.1) is 26.7 Å². The summed E-state index contributed by atoms with van der Waals surface area (Å²) in [5.74, 6) is 1.10. The SMILES string of the molecule is CCOC(=O)CCc1nnn(Cc2ccc(OC)cc2)n1. The molecule has 0 bridgehead atoms. The second kappa shape index (κ2) is 7.37. The number of benzene rings is 1. The van der Waals surface area contributed by atoms with Gasteiger partial charge in [0.1, 0.15) is 5.75 Å². The molecule has 1 aromatic heterocycles. The van der Waals surface area contributed by atoms with Crippen LogP contribution in [0.5, 0.6) is 5.75 Å². The van der Waals surface area contributed by atoms with Crippen molar-refractivity contribution in [1.82, 2.24) is 20.2 Å². The minimum absolute atomic E-state index is 0.246. The van der Waals surface area contributed by atoms with Gasteiger partial charge in [0.2, 0.25) is 0 Å². The summed E-state index contributed by atoms with van der Waals surface area (Å²) in [6.07, 6.45) is 0.698. The van der Waals surface area contributed by atoms with Crippen LogP contribution in [0.2, 0.25) is 0 Å². The fraction of sp³-hybridized carbons (Fsp3) is 0.429. The number of methoxy groups -OCH3 is 1. The number of nitrogens with zero attached hydrogens (tertiary/aromatic N) is 4. The van der Waals surface area contributed by atoms with E-state index in [4.69, 9.17) is 9.47 Å². The molecule has 21 heavy (non-hydrogen) atoms. The molecular weight excluding hydrogens is 272 g/mol. The molecule has 0 fully saturated rings. The van der Waals surface area contributed by atoms with E-state index < -0.39 is 0 Å². The molecule has 112 valence electrons.